The van der Waals surface area contributed by atoms with Crippen LogP contribution < -0.4 is 0 Å². The normalized spacial score (nSPS) is 17.9. The molecule has 0 radical (unpaired) electrons. The third kappa shape index (κ3) is 2.78. The minimum atomic E-state index is -0.382. The van der Waals surface area contributed by atoms with Gasteiger partial charge in [-0.05, 0) is 38.8 Å². The van der Waals surface area contributed by atoms with E-state index in [9.17, 15) is 4.79 Å². The Labute approximate surface area is 113 Å². The molecule has 4 nitrogen and oxygen atoms in total. The van der Waals surface area contributed by atoms with Crippen molar-refractivity contribution in [2.75, 3.05) is 6.61 Å². The van der Waals surface area contributed by atoms with Gasteiger partial charge in [-0.15, -0.1) is 0 Å². The van der Waals surface area contributed by atoms with Crippen molar-refractivity contribution in [1.29, 1.82) is 0 Å². The minimum absolute atomic E-state index is 0.181. The summed E-state index contributed by atoms with van der Waals surface area (Å²) in [5.41, 5.74) is 5.05. The number of hydrogen-bond donors (Lipinski definition) is 0. The molecule has 102 valence electrons. The highest BCUT2D eigenvalue weighted by Gasteiger charge is 2.30. The quantitative estimate of drug-likeness (QED) is 0.786. The summed E-state index contributed by atoms with van der Waals surface area (Å²) in [6.07, 6.45) is 0.295. The van der Waals surface area contributed by atoms with E-state index in [1.165, 1.54) is 16.7 Å². The number of ether oxygens (including phenoxy) is 1. The van der Waals surface area contributed by atoms with E-state index < -0.39 is 0 Å². The first-order valence-electron chi connectivity index (χ1n) is 6.50. The summed E-state index contributed by atoms with van der Waals surface area (Å²) in [6.45, 7) is 8.31. The lowest BCUT2D eigenvalue weighted by atomic mass is 9.93. The molecule has 1 aliphatic rings. The predicted octanol–water partition coefficient (Wildman–Crippen LogP) is 2.99. The summed E-state index contributed by atoms with van der Waals surface area (Å²) < 4.78 is 4.94. The van der Waals surface area contributed by atoms with Crippen molar-refractivity contribution in [3.8, 4) is 0 Å². The van der Waals surface area contributed by atoms with E-state index in [2.05, 4.69) is 38.1 Å². The molecule has 0 saturated carbocycles. The summed E-state index contributed by atoms with van der Waals surface area (Å²) in [5, 5.41) is 3.86. The largest absolute Gasteiger partial charge is 0.461 e. The molecular formula is C15H19NO3. The first-order valence-corrected chi connectivity index (χ1v) is 6.50. The van der Waals surface area contributed by atoms with Crippen LogP contribution in [0.3, 0.4) is 0 Å². The molecule has 0 saturated heterocycles. The Bertz CT molecular complexity index is 511. The second-order valence-corrected chi connectivity index (χ2v) is 4.87. The number of carbonyl (C=O) groups is 1. The number of rotatable bonds is 3. The van der Waals surface area contributed by atoms with Gasteiger partial charge in [-0.3, -0.25) is 0 Å². The second-order valence-electron chi connectivity index (χ2n) is 4.87. The average Bonchev–Trinajstić information content (AvgIpc) is 2.77. The maximum atomic E-state index is 11.6. The Morgan fingerprint density at radius 1 is 1.37 bits per heavy atom. The molecule has 0 N–H and O–H groups in total. The van der Waals surface area contributed by atoms with Crippen LogP contribution in [0.15, 0.2) is 17.3 Å². The van der Waals surface area contributed by atoms with Crippen LogP contribution in [0.5, 0.6) is 0 Å². The molecule has 2 rings (SSSR count). The predicted molar refractivity (Wildman–Crippen MR) is 73.2 cm³/mol. The third-order valence-corrected chi connectivity index (χ3v) is 3.24. The molecule has 0 amide bonds. The monoisotopic (exact) mass is 261 g/mol. The van der Waals surface area contributed by atoms with Gasteiger partial charge < -0.3 is 9.57 Å². The van der Waals surface area contributed by atoms with Crippen molar-refractivity contribution in [2.24, 2.45) is 5.16 Å². The topological polar surface area (TPSA) is 47.9 Å². The first kappa shape index (κ1) is 13.6. The van der Waals surface area contributed by atoms with Crippen LogP contribution in [-0.4, -0.2) is 18.3 Å². The van der Waals surface area contributed by atoms with Crippen LogP contribution in [0.4, 0.5) is 0 Å². The molecule has 19 heavy (non-hydrogen) atoms. The Kier molecular flexibility index (Phi) is 3.88. The zero-order valence-corrected chi connectivity index (χ0v) is 11.8. The summed E-state index contributed by atoms with van der Waals surface area (Å²) in [6, 6.07) is 4.24. The minimum Gasteiger partial charge on any atom is -0.461 e. The molecule has 1 heterocycles. The standard InChI is InChI=1S/C15H19NO3/c1-5-18-15(17)12-8-13(19-16-12)14-10(3)6-9(2)7-11(14)4/h6-7,13H,5,8H2,1-4H3. The Balaban J connectivity index is 2.17. The third-order valence-electron chi connectivity index (χ3n) is 3.24. The van der Waals surface area contributed by atoms with E-state index in [1.54, 1.807) is 6.92 Å². The van der Waals surface area contributed by atoms with Crippen LogP contribution >= 0.6 is 0 Å². The van der Waals surface area contributed by atoms with Crippen molar-refractivity contribution < 1.29 is 14.4 Å². The SMILES string of the molecule is CCOC(=O)C1=NOC(c2c(C)cc(C)cc2C)C1. The summed E-state index contributed by atoms with van der Waals surface area (Å²) >= 11 is 0. The summed E-state index contributed by atoms with van der Waals surface area (Å²) in [4.78, 5) is 17.0. The van der Waals surface area contributed by atoms with Crippen LogP contribution in [0.2, 0.25) is 0 Å². The number of nitrogens with zero attached hydrogens (tertiary/aromatic N) is 1. The van der Waals surface area contributed by atoms with Crippen LogP contribution in [0.1, 0.15) is 41.7 Å². The summed E-state index contributed by atoms with van der Waals surface area (Å²) in [7, 11) is 0. The van der Waals surface area contributed by atoms with Gasteiger partial charge in [-0.1, -0.05) is 22.9 Å². The lowest BCUT2D eigenvalue weighted by Crippen LogP contribution is -2.16. The first-order chi connectivity index (χ1) is 9.02. The number of carbonyl (C=O) groups excluding carboxylic acids is 1. The fourth-order valence-electron chi connectivity index (χ4n) is 2.57. The molecule has 1 aromatic carbocycles. The van der Waals surface area contributed by atoms with Gasteiger partial charge in [0.25, 0.3) is 0 Å². The van der Waals surface area contributed by atoms with E-state index in [0.717, 1.165) is 5.56 Å². The molecule has 0 aliphatic carbocycles. The van der Waals surface area contributed by atoms with Gasteiger partial charge >= 0.3 is 5.97 Å². The highest BCUT2D eigenvalue weighted by molar-refractivity contribution is 6.36. The van der Waals surface area contributed by atoms with Crippen molar-refractivity contribution in [3.63, 3.8) is 0 Å². The second kappa shape index (κ2) is 5.43. The number of aryl methyl sites for hydroxylation is 3. The zero-order chi connectivity index (χ0) is 14.0. The van der Waals surface area contributed by atoms with E-state index >= 15 is 0 Å². The number of benzene rings is 1. The molecule has 0 spiro atoms. The van der Waals surface area contributed by atoms with Crippen molar-refractivity contribution in [1.82, 2.24) is 0 Å². The van der Waals surface area contributed by atoms with E-state index in [-0.39, 0.29) is 12.1 Å². The van der Waals surface area contributed by atoms with Crippen molar-refractivity contribution in [3.05, 3.63) is 34.4 Å². The fourth-order valence-corrected chi connectivity index (χ4v) is 2.57. The number of oxime groups is 1. The van der Waals surface area contributed by atoms with Gasteiger partial charge in [0.2, 0.25) is 0 Å². The van der Waals surface area contributed by atoms with Gasteiger partial charge in [0.15, 0.2) is 11.8 Å². The lowest BCUT2D eigenvalue weighted by molar-refractivity contribution is -0.135. The van der Waals surface area contributed by atoms with E-state index in [4.69, 9.17) is 9.57 Å². The maximum absolute atomic E-state index is 11.6. The molecule has 0 fully saturated rings. The van der Waals surface area contributed by atoms with E-state index in [0.29, 0.717) is 18.7 Å². The van der Waals surface area contributed by atoms with Crippen LogP contribution in [0.25, 0.3) is 0 Å². The molecule has 4 heteroatoms. The maximum Gasteiger partial charge on any atom is 0.356 e. The highest BCUT2D eigenvalue weighted by atomic mass is 16.6. The van der Waals surface area contributed by atoms with Gasteiger partial charge in [-0.25, -0.2) is 4.79 Å². The Morgan fingerprint density at radius 3 is 2.58 bits per heavy atom. The molecule has 0 aromatic heterocycles. The van der Waals surface area contributed by atoms with Gasteiger partial charge in [0, 0.05) is 12.0 Å². The van der Waals surface area contributed by atoms with Gasteiger partial charge in [-0.2, -0.15) is 0 Å². The Hall–Kier alpha value is -1.84. The molecule has 1 aromatic rings. The number of hydrogen-bond acceptors (Lipinski definition) is 4. The zero-order valence-electron chi connectivity index (χ0n) is 11.8. The van der Waals surface area contributed by atoms with Crippen LogP contribution in [0, 0.1) is 20.8 Å². The highest BCUT2D eigenvalue weighted by Crippen LogP contribution is 2.32. The number of esters is 1. The van der Waals surface area contributed by atoms with Gasteiger partial charge in [0.05, 0.1) is 6.61 Å². The molecule has 1 aliphatic heterocycles. The smallest absolute Gasteiger partial charge is 0.356 e. The average molecular weight is 261 g/mol. The summed E-state index contributed by atoms with van der Waals surface area (Å²) in [5.74, 6) is -0.382. The van der Waals surface area contributed by atoms with E-state index in [1.807, 2.05) is 0 Å². The Morgan fingerprint density at radius 2 is 2.00 bits per heavy atom. The van der Waals surface area contributed by atoms with Gasteiger partial charge in [0.1, 0.15) is 0 Å². The van der Waals surface area contributed by atoms with Crippen molar-refractivity contribution >= 4 is 11.7 Å². The molecule has 1 atom stereocenters. The molecular weight excluding hydrogens is 242 g/mol. The van der Waals surface area contributed by atoms with Crippen LogP contribution in [-0.2, 0) is 14.4 Å². The molecule has 1 unspecified atom stereocenters. The molecule has 0 bridgehead atoms. The fraction of sp³-hybridized carbons (Fsp3) is 0.467. The van der Waals surface area contributed by atoms with Crippen molar-refractivity contribution in [2.45, 2.75) is 40.2 Å². The lowest BCUT2D eigenvalue weighted by Gasteiger charge is -2.15.